The molecule has 2 heterocycles. The van der Waals surface area contributed by atoms with Crippen molar-refractivity contribution in [3.63, 3.8) is 0 Å². The Morgan fingerprint density at radius 2 is 2.11 bits per heavy atom. The van der Waals surface area contributed by atoms with Crippen molar-refractivity contribution in [3.8, 4) is 0 Å². The van der Waals surface area contributed by atoms with Crippen LogP contribution in [0.4, 0.5) is 0 Å². The number of likely N-dealkylation sites (tertiary alicyclic amines) is 1. The first kappa shape index (κ1) is 13.2. The van der Waals surface area contributed by atoms with Gasteiger partial charge in [-0.3, -0.25) is 24.4 Å². The second kappa shape index (κ2) is 6.07. The summed E-state index contributed by atoms with van der Waals surface area (Å²) in [6.45, 7) is 0.599. The summed E-state index contributed by atoms with van der Waals surface area (Å²) >= 11 is 0. The highest BCUT2D eigenvalue weighted by atomic mass is 16.2. The molecule has 2 N–H and O–H groups in total. The lowest BCUT2D eigenvalue weighted by Crippen LogP contribution is -2.34. The Morgan fingerprint density at radius 3 is 2.74 bits per heavy atom. The minimum Gasteiger partial charge on any atom is -0.356 e. The smallest absolute Gasteiger partial charge is 0.229 e. The number of rotatable bonds is 6. The summed E-state index contributed by atoms with van der Waals surface area (Å²) in [5, 5.41) is 9.08. The molecule has 0 spiro atoms. The highest BCUT2D eigenvalue weighted by Crippen LogP contribution is 2.11. The quantitative estimate of drug-likeness (QED) is 0.641. The highest BCUT2D eigenvalue weighted by molar-refractivity contribution is 6.02. The molecule has 3 amide bonds. The number of hydrogen-bond acceptors (Lipinski definition) is 5. The van der Waals surface area contributed by atoms with E-state index < -0.39 is 0 Å². The monoisotopic (exact) mass is 265 g/mol. The van der Waals surface area contributed by atoms with Gasteiger partial charge in [0.05, 0.1) is 0 Å². The van der Waals surface area contributed by atoms with Gasteiger partial charge in [-0.1, -0.05) is 0 Å². The van der Waals surface area contributed by atoms with E-state index in [1.807, 2.05) is 0 Å². The van der Waals surface area contributed by atoms with Crippen LogP contribution in [-0.2, 0) is 20.8 Å². The van der Waals surface area contributed by atoms with Crippen molar-refractivity contribution in [1.82, 2.24) is 25.4 Å². The molecule has 1 aromatic heterocycles. The predicted octanol–water partition coefficient (Wildman–Crippen LogP) is -0.997. The van der Waals surface area contributed by atoms with E-state index >= 15 is 0 Å². The van der Waals surface area contributed by atoms with E-state index in [2.05, 4.69) is 20.5 Å². The Morgan fingerprint density at radius 1 is 1.37 bits per heavy atom. The van der Waals surface area contributed by atoms with Crippen molar-refractivity contribution < 1.29 is 14.4 Å². The molecule has 19 heavy (non-hydrogen) atoms. The molecule has 1 aliphatic rings. The number of carbonyl (C=O) groups excluding carboxylic acids is 3. The number of aromatic amines is 1. The fourth-order valence-corrected chi connectivity index (χ4v) is 1.85. The maximum Gasteiger partial charge on any atom is 0.229 e. The molecule has 102 valence electrons. The van der Waals surface area contributed by atoms with Crippen LogP contribution in [0.25, 0.3) is 0 Å². The maximum absolute atomic E-state index is 11.5. The molecule has 0 bridgehead atoms. The Balaban J connectivity index is 1.64. The number of nitrogens with zero attached hydrogens (tertiary/aromatic N) is 3. The van der Waals surface area contributed by atoms with Crippen LogP contribution in [0, 0.1) is 0 Å². The van der Waals surface area contributed by atoms with Crippen LogP contribution in [0.1, 0.15) is 25.1 Å². The van der Waals surface area contributed by atoms with E-state index in [9.17, 15) is 14.4 Å². The minimum absolute atomic E-state index is 0.133. The van der Waals surface area contributed by atoms with Gasteiger partial charge in [0.15, 0.2) is 0 Å². The molecule has 0 saturated carbocycles. The van der Waals surface area contributed by atoms with Crippen molar-refractivity contribution in [1.29, 1.82) is 0 Å². The van der Waals surface area contributed by atoms with Crippen LogP contribution in [0.2, 0.25) is 0 Å². The summed E-state index contributed by atoms with van der Waals surface area (Å²) in [5.74, 6) is 0.121. The van der Waals surface area contributed by atoms with Crippen molar-refractivity contribution in [2.75, 3.05) is 13.1 Å². The van der Waals surface area contributed by atoms with E-state index in [0.29, 0.717) is 18.8 Å². The van der Waals surface area contributed by atoms with Crippen LogP contribution in [0.15, 0.2) is 6.33 Å². The van der Waals surface area contributed by atoms with Crippen molar-refractivity contribution in [2.24, 2.45) is 0 Å². The average Bonchev–Trinajstić information content (AvgIpc) is 2.99. The first-order valence-electron chi connectivity index (χ1n) is 6.11. The second-order valence-electron chi connectivity index (χ2n) is 4.22. The van der Waals surface area contributed by atoms with Gasteiger partial charge in [-0.15, -0.1) is 0 Å². The molecular weight excluding hydrogens is 250 g/mol. The Bertz CT molecular complexity index is 455. The third-order valence-corrected chi connectivity index (χ3v) is 2.87. The molecule has 0 aliphatic carbocycles. The summed E-state index contributed by atoms with van der Waals surface area (Å²) in [6.07, 6.45) is 2.61. The molecule has 1 saturated heterocycles. The minimum atomic E-state index is -0.195. The molecule has 0 unspecified atom stereocenters. The summed E-state index contributed by atoms with van der Waals surface area (Å²) in [5.41, 5.74) is 0. The zero-order chi connectivity index (χ0) is 13.7. The van der Waals surface area contributed by atoms with Gasteiger partial charge in [-0.25, -0.2) is 4.98 Å². The topological polar surface area (TPSA) is 108 Å². The normalized spacial score (nSPS) is 15.1. The SMILES string of the molecule is O=C(CCN1C(=O)CCC1=O)NCCc1ncn[nH]1. The van der Waals surface area contributed by atoms with E-state index in [0.717, 1.165) is 4.90 Å². The van der Waals surface area contributed by atoms with Crippen LogP contribution in [-0.4, -0.2) is 50.9 Å². The van der Waals surface area contributed by atoms with Gasteiger partial charge in [-0.2, -0.15) is 5.10 Å². The van der Waals surface area contributed by atoms with E-state index in [4.69, 9.17) is 0 Å². The summed E-state index contributed by atoms with van der Waals surface area (Å²) < 4.78 is 0. The number of hydrogen-bond donors (Lipinski definition) is 2. The van der Waals surface area contributed by atoms with Gasteiger partial charge >= 0.3 is 0 Å². The zero-order valence-electron chi connectivity index (χ0n) is 10.4. The molecule has 0 atom stereocenters. The van der Waals surface area contributed by atoms with Crippen LogP contribution in [0.5, 0.6) is 0 Å². The van der Waals surface area contributed by atoms with Gasteiger partial charge in [-0.05, 0) is 0 Å². The Hall–Kier alpha value is -2.25. The van der Waals surface area contributed by atoms with Gasteiger partial charge in [0.2, 0.25) is 17.7 Å². The lowest BCUT2D eigenvalue weighted by atomic mass is 10.3. The van der Waals surface area contributed by atoms with Crippen LogP contribution in [0.3, 0.4) is 0 Å². The lowest BCUT2D eigenvalue weighted by molar-refractivity contribution is -0.138. The summed E-state index contributed by atoms with van der Waals surface area (Å²) in [6, 6.07) is 0. The van der Waals surface area contributed by atoms with Gasteiger partial charge < -0.3 is 5.32 Å². The molecule has 1 aliphatic heterocycles. The van der Waals surface area contributed by atoms with E-state index in [1.165, 1.54) is 6.33 Å². The Kier molecular flexibility index (Phi) is 4.22. The standard InChI is InChI=1S/C11H15N5O3/c17-9(12-5-3-8-13-7-14-15-8)4-6-16-10(18)1-2-11(16)19/h7H,1-6H2,(H,12,17)(H,13,14,15). The fraction of sp³-hybridized carbons (Fsp3) is 0.545. The molecule has 0 radical (unpaired) electrons. The molecule has 1 aromatic rings. The first-order chi connectivity index (χ1) is 9.16. The third kappa shape index (κ3) is 3.60. The fourth-order valence-electron chi connectivity index (χ4n) is 1.85. The molecule has 8 nitrogen and oxygen atoms in total. The van der Waals surface area contributed by atoms with E-state index in [-0.39, 0.29) is 43.5 Å². The van der Waals surface area contributed by atoms with Gasteiger partial charge in [0, 0.05) is 38.8 Å². The van der Waals surface area contributed by atoms with Crippen molar-refractivity contribution in [2.45, 2.75) is 25.7 Å². The Labute approximate surface area is 109 Å². The largest absolute Gasteiger partial charge is 0.356 e. The number of amides is 3. The summed E-state index contributed by atoms with van der Waals surface area (Å²) in [4.78, 5) is 39.3. The number of aromatic nitrogens is 3. The van der Waals surface area contributed by atoms with Gasteiger partial charge in [0.25, 0.3) is 0 Å². The predicted molar refractivity (Wildman–Crippen MR) is 63.7 cm³/mol. The first-order valence-corrected chi connectivity index (χ1v) is 6.11. The molecule has 2 rings (SSSR count). The molecule has 8 heteroatoms. The number of nitrogens with one attached hydrogen (secondary N) is 2. The zero-order valence-corrected chi connectivity index (χ0v) is 10.4. The van der Waals surface area contributed by atoms with Crippen LogP contribution >= 0.6 is 0 Å². The average molecular weight is 265 g/mol. The molecule has 0 aromatic carbocycles. The van der Waals surface area contributed by atoms with Gasteiger partial charge in [0.1, 0.15) is 12.2 Å². The van der Waals surface area contributed by atoms with Crippen molar-refractivity contribution in [3.05, 3.63) is 12.2 Å². The molecular formula is C11H15N5O3. The highest BCUT2D eigenvalue weighted by Gasteiger charge is 2.28. The second-order valence-corrected chi connectivity index (χ2v) is 4.22. The maximum atomic E-state index is 11.5. The van der Waals surface area contributed by atoms with Crippen LogP contribution < -0.4 is 5.32 Å². The van der Waals surface area contributed by atoms with Crippen molar-refractivity contribution >= 4 is 17.7 Å². The molecule has 1 fully saturated rings. The third-order valence-electron chi connectivity index (χ3n) is 2.87. The number of imide groups is 1. The lowest BCUT2D eigenvalue weighted by Gasteiger charge is -2.13. The number of carbonyl (C=O) groups is 3. The van der Waals surface area contributed by atoms with E-state index in [1.54, 1.807) is 0 Å². The number of H-pyrrole nitrogens is 1. The summed E-state index contributed by atoms with van der Waals surface area (Å²) in [7, 11) is 0.